The topological polar surface area (TPSA) is 94.9 Å². The van der Waals surface area contributed by atoms with Crippen molar-refractivity contribution in [2.75, 3.05) is 49.2 Å². The minimum Gasteiger partial charge on any atom is -0.442 e. The van der Waals surface area contributed by atoms with Gasteiger partial charge in [-0.3, -0.25) is 9.69 Å². The Kier molecular flexibility index (Phi) is 5.53. The summed E-state index contributed by atoms with van der Waals surface area (Å²) in [6.45, 7) is 2.65. The Morgan fingerprint density at radius 3 is 2.85 bits per heavy atom. The number of nitriles is 1. The van der Waals surface area contributed by atoms with Crippen molar-refractivity contribution in [2.24, 2.45) is 0 Å². The van der Waals surface area contributed by atoms with E-state index in [1.54, 1.807) is 18.2 Å². The third kappa shape index (κ3) is 4.03. The van der Waals surface area contributed by atoms with Crippen molar-refractivity contribution in [3.05, 3.63) is 24.0 Å². The average Bonchev–Trinajstić information content (AvgIpc) is 3.02. The average molecular weight is 362 g/mol. The summed E-state index contributed by atoms with van der Waals surface area (Å²) in [5.41, 5.74) is 0.875. The highest BCUT2D eigenvalue weighted by Crippen LogP contribution is 2.28. The van der Waals surface area contributed by atoms with E-state index in [4.69, 9.17) is 14.7 Å². The highest BCUT2D eigenvalue weighted by atomic mass is 19.1. The van der Waals surface area contributed by atoms with Crippen molar-refractivity contribution in [3.8, 4) is 6.07 Å². The predicted octanol–water partition coefficient (Wildman–Crippen LogP) is 1.02. The summed E-state index contributed by atoms with van der Waals surface area (Å²) in [5, 5.41) is 11.0. The van der Waals surface area contributed by atoms with Crippen LogP contribution in [0.3, 0.4) is 0 Å². The van der Waals surface area contributed by atoms with Gasteiger partial charge in [0.25, 0.3) is 0 Å². The number of rotatable bonds is 5. The SMILES string of the molecule is N#CCC(=O)NCC1CN(c2ccc(N3CCOCC3)c(F)c2)C(=O)O1. The first-order chi connectivity index (χ1) is 12.6. The molecule has 0 aromatic heterocycles. The molecule has 9 heteroatoms. The molecule has 3 rings (SSSR count). The molecular weight excluding hydrogens is 343 g/mol. The molecule has 0 saturated carbocycles. The summed E-state index contributed by atoms with van der Waals surface area (Å²) in [7, 11) is 0. The van der Waals surface area contributed by atoms with Gasteiger partial charge in [-0.1, -0.05) is 0 Å². The summed E-state index contributed by atoms with van der Waals surface area (Å²) in [6.07, 6.45) is -1.39. The van der Waals surface area contributed by atoms with E-state index in [1.807, 2.05) is 4.90 Å². The quantitative estimate of drug-likeness (QED) is 0.840. The van der Waals surface area contributed by atoms with Crippen LogP contribution < -0.4 is 15.1 Å². The molecule has 0 spiro atoms. The van der Waals surface area contributed by atoms with Crippen LogP contribution in [0.1, 0.15) is 6.42 Å². The van der Waals surface area contributed by atoms with Gasteiger partial charge in [-0.15, -0.1) is 0 Å². The lowest BCUT2D eigenvalue weighted by molar-refractivity contribution is -0.120. The van der Waals surface area contributed by atoms with Gasteiger partial charge in [-0.2, -0.15) is 5.26 Å². The van der Waals surface area contributed by atoms with Gasteiger partial charge in [0, 0.05) is 13.1 Å². The molecule has 26 heavy (non-hydrogen) atoms. The Bertz CT molecular complexity index is 730. The lowest BCUT2D eigenvalue weighted by Gasteiger charge is -2.29. The van der Waals surface area contributed by atoms with Crippen molar-refractivity contribution in [3.63, 3.8) is 0 Å². The molecule has 1 aromatic carbocycles. The number of anilines is 2. The fourth-order valence-corrected chi connectivity index (χ4v) is 2.93. The van der Waals surface area contributed by atoms with E-state index in [0.29, 0.717) is 37.7 Å². The molecule has 2 amide bonds. The molecule has 138 valence electrons. The van der Waals surface area contributed by atoms with E-state index in [2.05, 4.69) is 5.32 Å². The van der Waals surface area contributed by atoms with Gasteiger partial charge in [-0.25, -0.2) is 9.18 Å². The molecular formula is C17H19FN4O4. The number of carbonyl (C=O) groups excluding carboxylic acids is 2. The van der Waals surface area contributed by atoms with Crippen molar-refractivity contribution >= 4 is 23.4 Å². The van der Waals surface area contributed by atoms with Crippen LogP contribution >= 0.6 is 0 Å². The van der Waals surface area contributed by atoms with Gasteiger partial charge in [0.1, 0.15) is 18.3 Å². The molecule has 2 fully saturated rings. The fraction of sp³-hybridized carbons (Fsp3) is 0.471. The van der Waals surface area contributed by atoms with Gasteiger partial charge >= 0.3 is 6.09 Å². The minimum atomic E-state index is -0.594. The Hall–Kier alpha value is -2.86. The van der Waals surface area contributed by atoms with E-state index in [9.17, 15) is 14.0 Å². The maximum atomic E-state index is 14.5. The monoisotopic (exact) mass is 362 g/mol. The molecule has 2 saturated heterocycles. The Morgan fingerprint density at radius 1 is 1.38 bits per heavy atom. The highest BCUT2D eigenvalue weighted by molar-refractivity contribution is 5.90. The van der Waals surface area contributed by atoms with Crippen LogP contribution in [0.5, 0.6) is 0 Å². The second-order valence-corrected chi connectivity index (χ2v) is 5.99. The van der Waals surface area contributed by atoms with Crippen LogP contribution in [0, 0.1) is 17.1 Å². The number of carbonyl (C=O) groups is 2. The van der Waals surface area contributed by atoms with Gasteiger partial charge in [0.15, 0.2) is 0 Å². The third-order valence-corrected chi connectivity index (χ3v) is 4.24. The van der Waals surface area contributed by atoms with E-state index in [-0.39, 0.29) is 19.5 Å². The Morgan fingerprint density at radius 2 is 2.15 bits per heavy atom. The van der Waals surface area contributed by atoms with Crippen LogP contribution in [0.15, 0.2) is 18.2 Å². The number of amides is 2. The molecule has 1 unspecified atom stereocenters. The summed E-state index contributed by atoms with van der Waals surface area (Å²) >= 11 is 0. The number of halogens is 1. The minimum absolute atomic E-state index is 0.108. The molecule has 0 aliphatic carbocycles. The maximum absolute atomic E-state index is 14.5. The first kappa shape index (κ1) is 17.9. The summed E-state index contributed by atoms with van der Waals surface area (Å²) in [6, 6.07) is 6.37. The normalized spacial score (nSPS) is 19.8. The number of nitrogens with one attached hydrogen (secondary N) is 1. The highest BCUT2D eigenvalue weighted by Gasteiger charge is 2.33. The van der Waals surface area contributed by atoms with Crippen molar-refractivity contribution in [1.29, 1.82) is 5.26 Å². The second-order valence-electron chi connectivity index (χ2n) is 5.99. The van der Waals surface area contributed by atoms with Crippen molar-refractivity contribution in [1.82, 2.24) is 5.32 Å². The lowest BCUT2D eigenvalue weighted by Crippen LogP contribution is -2.37. The first-order valence-corrected chi connectivity index (χ1v) is 8.32. The summed E-state index contributed by atoms with van der Waals surface area (Å²) in [4.78, 5) is 26.6. The molecule has 2 heterocycles. The number of hydrogen-bond acceptors (Lipinski definition) is 6. The zero-order chi connectivity index (χ0) is 18.5. The van der Waals surface area contributed by atoms with Crippen LogP contribution in [-0.2, 0) is 14.3 Å². The molecule has 2 aliphatic heterocycles. The van der Waals surface area contributed by atoms with E-state index in [0.717, 1.165) is 0 Å². The zero-order valence-electron chi connectivity index (χ0n) is 14.1. The lowest BCUT2D eigenvalue weighted by atomic mass is 10.2. The fourth-order valence-electron chi connectivity index (χ4n) is 2.93. The van der Waals surface area contributed by atoms with Crippen LogP contribution in [0.2, 0.25) is 0 Å². The number of nitrogens with zero attached hydrogens (tertiary/aromatic N) is 3. The van der Waals surface area contributed by atoms with Gasteiger partial charge in [0.2, 0.25) is 5.91 Å². The van der Waals surface area contributed by atoms with Gasteiger partial charge in [-0.05, 0) is 18.2 Å². The predicted molar refractivity (Wildman–Crippen MR) is 90.3 cm³/mol. The second kappa shape index (κ2) is 8.01. The smallest absolute Gasteiger partial charge is 0.414 e. The Balaban J connectivity index is 1.63. The maximum Gasteiger partial charge on any atom is 0.414 e. The molecule has 0 radical (unpaired) electrons. The number of morpholine rings is 1. The molecule has 0 bridgehead atoms. The van der Waals surface area contributed by atoms with Crippen LogP contribution in [0.4, 0.5) is 20.6 Å². The van der Waals surface area contributed by atoms with Crippen LogP contribution in [0.25, 0.3) is 0 Å². The molecule has 1 N–H and O–H groups in total. The summed E-state index contributed by atoms with van der Waals surface area (Å²) in [5.74, 6) is -0.842. The van der Waals surface area contributed by atoms with Crippen LogP contribution in [-0.4, -0.2) is 57.5 Å². The number of ether oxygens (including phenoxy) is 2. The van der Waals surface area contributed by atoms with Gasteiger partial charge in [0.05, 0.1) is 43.7 Å². The first-order valence-electron chi connectivity index (χ1n) is 8.32. The molecule has 1 atom stereocenters. The molecule has 1 aromatic rings. The van der Waals surface area contributed by atoms with E-state index in [1.165, 1.54) is 11.0 Å². The molecule has 2 aliphatic rings. The zero-order valence-corrected chi connectivity index (χ0v) is 14.1. The third-order valence-electron chi connectivity index (χ3n) is 4.24. The number of benzene rings is 1. The Labute approximate surface area is 150 Å². The molecule has 8 nitrogen and oxygen atoms in total. The van der Waals surface area contributed by atoms with E-state index < -0.39 is 23.9 Å². The van der Waals surface area contributed by atoms with Crippen molar-refractivity contribution in [2.45, 2.75) is 12.5 Å². The van der Waals surface area contributed by atoms with Crippen molar-refractivity contribution < 1.29 is 23.5 Å². The standard InChI is InChI=1S/C17H19FN4O4/c18-14-9-12(1-2-15(14)21-5-7-25-8-6-21)22-11-13(26-17(22)24)10-20-16(23)3-4-19/h1-2,9,13H,3,5-8,10-11H2,(H,20,23). The number of cyclic esters (lactones) is 1. The van der Waals surface area contributed by atoms with Gasteiger partial charge < -0.3 is 19.7 Å². The number of hydrogen-bond donors (Lipinski definition) is 1. The summed E-state index contributed by atoms with van der Waals surface area (Å²) < 4.78 is 25.0. The largest absolute Gasteiger partial charge is 0.442 e. The van der Waals surface area contributed by atoms with E-state index >= 15 is 0 Å².